The van der Waals surface area contributed by atoms with Gasteiger partial charge in [0.2, 0.25) is 0 Å². The van der Waals surface area contributed by atoms with Gasteiger partial charge < -0.3 is 5.32 Å². The largest absolute Gasteiger partial charge is 0.363 e. The van der Waals surface area contributed by atoms with Crippen molar-refractivity contribution >= 4 is 0 Å². The van der Waals surface area contributed by atoms with Gasteiger partial charge in [0, 0.05) is 5.70 Å². The van der Waals surface area contributed by atoms with Gasteiger partial charge in [0.25, 0.3) is 0 Å². The summed E-state index contributed by atoms with van der Waals surface area (Å²) in [5.74, 6) is 0. The van der Waals surface area contributed by atoms with Crippen LogP contribution in [0.5, 0.6) is 0 Å². The molecule has 0 aromatic rings. The molecule has 0 aromatic heterocycles. The summed E-state index contributed by atoms with van der Waals surface area (Å²) >= 11 is 0. The van der Waals surface area contributed by atoms with Crippen molar-refractivity contribution in [2.45, 2.75) is 13.3 Å². The number of hydrogen-bond acceptors (Lipinski definition) is 1. The Balaban J connectivity index is 3.49. The zero-order valence-electron chi connectivity index (χ0n) is 5.85. The highest BCUT2D eigenvalue weighted by Gasteiger charge is 1.76. The van der Waals surface area contributed by atoms with Gasteiger partial charge in [-0.3, -0.25) is 0 Å². The summed E-state index contributed by atoms with van der Waals surface area (Å²) in [5, 5.41) is 2.86. The molecule has 0 saturated heterocycles. The van der Waals surface area contributed by atoms with E-state index in [0.29, 0.717) is 0 Å². The van der Waals surface area contributed by atoms with E-state index in [1.54, 1.807) is 6.20 Å². The lowest BCUT2D eigenvalue weighted by atomic mass is 10.3. The topological polar surface area (TPSA) is 12.0 Å². The summed E-state index contributed by atoms with van der Waals surface area (Å²) in [7, 11) is 0. The first-order valence-corrected chi connectivity index (χ1v) is 3.04. The molecule has 1 heteroatoms. The lowest BCUT2D eigenvalue weighted by Crippen LogP contribution is -1.98. The first-order valence-electron chi connectivity index (χ1n) is 3.04. The van der Waals surface area contributed by atoms with Crippen LogP contribution < -0.4 is 5.32 Å². The molecule has 9 heavy (non-hydrogen) atoms. The minimum absolute atomic E-state index is 0.881. The first-order chi connectivity index (χ1) is 4.31. The van der Waals surface area contributed by atoms with Gasteiger partial charge in [-0.2, -0.15) is 0 Å². The quantitative estimate of drug-likeness (QED) is 0.565. The predicted octanol–water partition coefficient (Wildman–Crippen LogP) is 2.20. The molecule has 0 heterocycles. The molecule has 0 radical (unpaired) electrons. The molecular formula is C8H13N. The maximum atomic E-state index is 3.71. The van der Waals surface area contributed by atoms with E-state index in [9.17, 15) is 0 Å². The van der Waals surface area contributed by atoms with Gasteiger partial charge in [-0.25, -0.2) is 0 Å². The van der Waals surface area contributed by atoms with Crippen LogP contribution in [-0.4, -0.2) is 0 Å². The van der Waals surface area contributed by atoms with Crippen molar-refractivity contribution in [1.82, 2.24) is 5.32 Å². The zero-order valence-corrected chi connectivity index (χ0v) is 5.85. The molecule has 0 aliphatic carbocycles. The van der Waals surface area contributed by atoms with Crippen molar-refractivity contribution in [1.29, 1.82) is 0 Å². The molecule has 0 spiro atoms. The SMILES string of the molecule is C=CNC(=C)/C=C\CC. The van der Waals surface area contributed by atoms with Crippen molar-refractivity contribution in [2.75, 3.05) is 0 Å². The summed E-state index contributed by atoms with van der Waals surface area (Å²) < 4.78 is 0. The van der Waals surface area contributed by atoms with E-state index in [-0.39, 0.29) is 0 Å². The van der Waals surface area contributed by atoms with E-state index in [1.165, 1.54) is 0 Å². The zero-order chi connectivity index (χ0) is 7.11. The highest BCUT2D eigenvalue weighted by atomic mass is 14.8. The first kappa shape index (κ1) is 8.02. The monoisotopic (exact) mass is 123 g/mol. The lowest BCUT2D eigenvalue weighted by Gasteiger charge is -1.94. The van der Waals surface area contributed by atoms with Gasteiger partial charge >= 0.3 is 0 Å². The molecule has 1 nitrogen and oxygen atoms in total. The van der Waals surface area contributed by atoms with Crippen molar-refractivity contribution < 1.29 is 0 Å². The fraction of sp³-hybridized carbons (Fsp3) is 0.250. The molecule has 0 amide bonds. The maximum absolute atomic E-state index is 3.71. The molecule has 0 rings (SSSR count). The summed E-state index contributed by atoms with van der Waals surface area (Å²) in [4.78, 5) is 0. The molecule has 1 N–H and O–H groups in total. The minimum atomic E-state index is 0.881. The summed E-state index contributed by atoms with van der Waals surface area (Å²) in [6.45, 7) is 9.30. The van der Waals surface area contributed by atoms with E-state index >= 15 is 0 Å². The second-order valence-corrected chi connectivity index (χ2v) is 1.68. The Bertz CT molecular complexity index is 123. The van der Waals surface area contributed by atoms with Crippen LogP contribution in [-0.2, 0) is 0 Å². The van der Waals surface area contributed by atoms with E-state index in [2.05, 4.69) is 25.4 Å². The van der Waals surface area contributed by atoms with Crippen LogP contribution in [0.15, 0.2) is 37.2 Å². The molecule has 0 fully saturated rings. The normalized spacial score (nSPS) is 9.44. The van der Waals surface area contributed by atoms with Crippen molar-refractivity contribution in [3.05, 3.63) is 37.2 Å². The minimum Gasteiger partial charge on any atom is -0.363 e. The molecule has 0 aromatic carbocycles. The Morgan fingerprint density at radius 1 is 1.67 bits per heavy atom. The predicted molar refractivity (Wildman–Crippen MR) is 41.9 cm³/mol. The fourth-order valence-electron chi connectivity index (χ4n) is 0.439. The van der Waals surface area contributed by atoms with Crippen LogP contribution in [0, 0.1) is 0 Å². The van der Waals surface area contributed by atoms with Crippen LogP contribution in [0.2, 0.25) is 0 Å². The van der Waals surface area contributed by atoms with Gasteiger partial charge in [0.15, 0.2) is 0 Å². The van der Waals surface area contributed by atoms with E-state index in [0.717, 1.165) is 12.1 Å². The summed E-state index contributed by atoms with van der Waals surface area (Å²) in [5.41, 5.74) is 0.881. The number of allylic oxidation sites excluding steroid dienone is 2. The van der Waals surface area contributed by atoms with Crippen LogP contribution in [0.3, 0.4) is 0 Å². The molecule has 0 aliphatic heterocycles. The maximum Gasteiger partial charge on any atom is 0.0303 e. The standard InChI is InChI=1S/C8H13N/c1-4-6-7-8(3)9-5-2/h5-7,9H,2-4H2,1H3/b7-6-. The summed E-state index contributed by atoms with van der Waals surface area (Å²) in [6, 6.07) is 0. The average Bonchev–Trinajstić information content (AvgIpc) is 1.85. The fourth-order valence-corrected chi connectivity index (χ4v) is 0.439. The number of nitrogens with one attached hydrogen (secondary N) is 1. The highest BCUT2D eigenvalue weighted by molar-refractivity contribution is 5.13. The van der Waals surface area contributed by atoms with Crippen LogP contribution in [0.1, 0.15) is 13.3 Å². The van der Waals surface area contributed by atoms with Crippen molar-refractivity contribution in [3.63, 3.8) is 0 Å². The molecular weight excluding hydrogens is 110 g/mol. The number of hydrogen-bond donors (Lipinski definition) is 1. The van der Waals surface area contributed by atoms with Gasteiger partial charge in [-0.05, 0) is 18.7 Å². The highest BCUT2D eigenvalue weighted by Crippen LogP contribution is 1.87. The van der Waals surface area contributed by atoms with E-state index in [4.69, 9.17) is 0 Å². The molecule has 0 saturated carbocycles. The van der Waals surface area contributed by atoms with Crippen LogP contribution in [0.4, 0.5) is 0 Å². The third kappa shape index (κ3) is 4.88. The Kier molecular flexibility index (Phi) is 4.60. The second kappa shape index (κ2) is 5.16. The van der Waals surface area contributed by atoms with Gasteiger partial charge in [0.1, 0.15) is 0 Å². The van der Waals surface area contributed by atoms with E-state index < -0.39 is 0 Å². The van der Waals surface area contributed by atoms with E-state index in [1.807, 2.05) is 12.2 Å². The van der Waals surface area contributed by atoms with Gasteiger partial charge in [0.05, 0.1) is 0 Å². The summed E-state index contributed by atoms with van der Waals surface area (Å²) in [6.07, 6.45) is 6.63. The molecule has 50 valence electrons. The average molecular weight is 123 g/mol. The third-order valence-electron chi connectivity index (χ3n) is 0.842. The second-order valence-electron chi connectivity index (χ2n) is 1.68. The molecule has 0 atom stereocenters. The molecule has 0 unspecified atom stereocenters. The third-order valence-corrected chi connectivity index (χ3v) is 0.842. The Labute approximate surface area is 56.8 Å². The lowest BCUT2D eigenvalue weighted by molar-refractivity contribution is 1.11. The number of rotatable bonds is 4. The van der Waals surface area contributed by atoms with Crippen molar-refractivity contribution in [2.24, 2.45) is 0 Å². The Morgan fingerprint density at radius 2 is 2.33 bits per heavy atom. The Morgan fingerprint density at radius 3 is 2.78 bits per heavy atom. The van der Waals surface area contributed by atoms with Crippen LogP contribution in [0.25, 0.3) is 0 Å². The van der Waals surface area contributed by atoms with Crippen molar-refractivity contribution in [3.8, 4) is 0 Å². The molecule has 0 bridgehead atoms. The molecule has 0 aliphatic rings. The van der Waals surface area contributed by atoms with Crippen LogP contribution >= 0.6 is 0 Å². The van der Waals surface area contributed by atoms with Gasteiger partial charge in [-0.1, -0.05) is 26.2 Å². The smallest absolute Gasteiger partial charge is 0.0303 e. The van der Waals surface area contributed by atoms with Gasteiger partial charge in [-0.15, -0.1) is 0 Å². The Hall–Kier alpha value is -0.980.